The number of nitrogens with one attached hydrogen (secondary N) is 1. The zero-order valence-electron chi connectivity index (χ0n) is 18.6. The second-order valence-electron chi connectivity index (χ2n) is 7.81. The lowest BCUT2D eigenvalue weighted by Gasteiger charge is -2.31. The molecule has 2 heterocycles. The maximum Gasteiger partial charge on any atom is 0.286 e. The Bertz CT molecular complexity index is 1090. The van der Waals surface area contributed by atoms with Crippen LogP contribution in [0.2, 0.25) is 0 Å². The molecule has 1 aliphatic rings. The van der Waals surface area contributed by atoms with Crippen LogP contribution in [0.3, 0.4) is 0 Å². The van der Waals surface area contributed by atoms with Gasteiger partial charge in [0, 0.05) is 24.7 Å². The van der Waals surface area contributed by atoms with Crippen LogP contribution in [0.1, 0.15) is 39.1 Å². The van der Waals surface area contributed by atoms with Gasteiger partial charge < -0.3 is 19.7 Å². The molecule has 1 N–H and O–H groups in total. The molecule has 1 aliphatic heterocycles. The molecule has 4 rings (SSSR count). The average Bonchev–Trinajstić information content (AvgIpc) is 3.36. The minimum Gasteiger partial charge on any atom is -0.497 e. The van der Waals surface area contributed by atoms with Crippen LogP contribution < -0.4 is 14.8 Å². The number of hydrogen-bond acceptors (Lipinski definition) is 7. The van der Waals surface area contributed by atoms with Gasteiger partial charge >= 0.3 is 0 Å². The molecule has 2 amide bonds. The van der Waals surface area contributed by atoms with Gasteiger partial charge in [0.15, 0.2) is 0 Å². The van der Waals surface area contributed by atoms with Crippen molar-refractivity contribution in [3.8, 4) is 11.5 Å². The fourth-order valence-electron chi connectivity index (χ4n) is 3.76. The Morgan fingerprint density at radius 3 is 2.18 bits per heavy atom. The highest BCUT2D eigenvalue weighted by Gasteiger charge is 2.27. The molecular formula is C24H26N4O4S. The fraction of sp³-hybridized carbons (Fsp3) is 0.333. The van der Waals surface area contributed by atoms with E-state index in [4.69, 9.17) is 9.47 Å². The summed E-state index contributed by atoms with van der Waals surface area (Å²) in [5.74, 6) is 1.54. The van der Waals surface area contributed by atoms with Gasteiger partial charge in [-0.05, 0) is 54.8 Å². The first-order valence-corrected chi connectivity index (χ1v) is 11.6. The van der Waals surface area contributed by atoms with E-state index in [1.807, 2.05) is 29.2 Å². The number of rotatable bonds is 7. The number of carbonyl (C=O) groups is 2. The van der Waals surface area contributed by atoms with Gasteiger partial charge in [-0.25, -0.2) is 0 Å². The van der Waals surface area contributed by atoms with Crippen molar-refractivity contribution < 1.29 is 19.1 Å². The molecule has 2 aromatic carbocycles. The third kappa shape index (κ3) is 5.67. The van der Waals surface area contributed by atoms with Crippen LogP contribution in [0, 0.1) is 0 Å². The highest BCUT2D eigenvalue weighted by Crippen LogP contribution is 2.30. The minimum atomic E-state index is -0.281. The quantitative estimate of drug-likeness (QED) is 0.570. The average molecular weight is 467 g/mol. The zero-order valence-corrected chi connectivity index (χ0v) is 19.4. The van der Waals surface area contributed by atoms with E-state index in [2.05, 4.69) is 15.5 Å². The van der Waals surface area contributed by atoms with Gasteiger partial charge in [0.25, 0.3) is 5.91 Å². The van der Waals surface area contributed by atoms with Crippen molar-refractivity contribution in [1.82, 2.24) is 15.1 Å². The Morgan fingerprint density at radius 1 is 0.970 bits per heavy atom. The minimum absolute atomic E-state index is 0.121. The summed E-state index contributed by atoms with van der Waals surface area (Å²) in [6.07, 6.45) is 2.00. The van der Waals surface area contributed by atoms with Crippen LogP contribution in [-0.2, 0) is 11.2 Å². The second-order valence-corrected chi connectivity index (χ2v) is 8.82. The predicted molar refractivity (Wildman–Crippen MR) is 126 cm³/mol. The second kappa shape index (κ2) is 10.4. The monoisotopic (exact) mass is 466 g/mol. The molecule has 0 aliphatic carbocycles. The molecule has 0 saturated carbocycles. The van der Waals surface area contributed by atoms with E-state index < -0.39 is 0 Å². The Kier molecular flexibility index (Phi) is 7.19. The van der Waals surface area contributed by atoms with Gasteiger partial charge in [-0.15, -0.1) is 10.2 Å². The Labute approximate surface area is 196 Å². The predicted octanol–water partition coefficient (Wildman–Crippen LogP) is 3.76. The van der Waals surface area contributed by atoms with Crippen molar-refractivity contribution in [1.29, 1.82) is 0 Å². The maximum atomic E-state index is 12.7. The normalized spacial score (nSPS) is 14.1. The number of likely N-dealkylation sites (tertiary alicyclic amines) is 1. The number of aromatic nitrogens is 2. The van der Waals surface area contributed by atoms with E-state index >= 15 is 0 Å². The van der Waals surface area contributed by atoms with Crippen molar-refractivity contribution >= 4 is 28.8 Å². The van der Waals surface area contributed by atoms with Crippen LogP contribution in [0.5, 0.6) is 11.5 Å². The Morgan fingerprint density at radius 2 is 1.58 bits per heavy atom. The molecule has 9 heteroatoms. The molecule has 0 atom stereocenters. The number of hydrogen-bond donors (Lipinski definition) is 1. The Hall–Kier alpha value is -3.46. The fourth-order valence-corrected chi connectivity index (χ4v) is 4.66. The summed E-state index contributed by atoms with van der Waals surface area (Å²) < 4.78 is 10.3. The number of benzene rings is 2. The lowest BCUT2D eigenvalue weighted by molar-refractivity contribution is -0.131. The Balaban J connectivity index is 1.28. The largest absolute Gasteiger partial charge is 0.497 e. The molecule has 1 saturated heterocycles. The molecule has 33 heavy (non-hydrogen) atoms. The first kappa shape index (κ1) is 22.7. The van der Waals surface area contributed by atoms with Crippen molar-refractivity contribution in [2.24, 2.45) is 0 Å². The van der Waals surface area contributed by atoms with Crippen molar-refractivity contribution in [2.75, 3.05) is 32.6 Å². The van der Waals surface area contributed by atoms with Crippen molar-refractivity contribution in [3.63, 3.8) is 0 Å². The number of methoxy groups -OCH3 is 2. The van der Waals surface area contributed by atoms with E-state index in [1.54, 1.807) is 38.5 Å². The maximum absolute atomic E-state index is 12.7. The number of nitrogens with zero attached hydrogens (tertiary/aromatic N) is 3. The number of amides is 2. The van der Waals surface area contributed by atoms with Crippen LogP contribution >= 0.6 is 11.3 Å². The molecule has 3 aromatic rings. The smallest absolute Gasteiger partial charge is 0.286 e. The molecule has 8 nitrogen and oxygen atoms in total. The van der Waals surface area contributed by atoms with Crippen LogP contribution in [0.25, 0.3) is 0 Å². The van der Waals surface area contributed by atoms with Crippen LogP contribution in [0.4, 0.5) is 5.69 Å². The summed E-state index contributed by atoms with van der Waals surface area (Å²) in [4.78, 5) is 27.1. The molecule has 0 unspecified atom stereocenters. The molecule has 1 fully saturated rings. The van der Waals surface area contributed by atoms with E-state index in [9.17, 15) is 9.59 Å². The van der Waals surface area contributed by atoms with Gasteiger partial charge in [0.1, 0.15) is 16.5 Å². The standard InChI is InChI=1S/C24H26N4O4S/c1-31-19-7-3-16(4-8-19)15-21(29)28-13-11-17(12-14-28)23-26-27-24(33-23)22(30)25-18-5-9-20(32-2)10-6-18/h3-10,17H,11-15H2,1-2H3,(H,25,30). The summed E-state index contributed by atoms with van der Waals surface area (Å²) in [6.45, 7) is 1.35. The highest BCUT2D eigenvalue weighted by atomic mass is 32.1. The zero-order chi connectivity index (χ0) is 23.2. The number of piperidine rings is 1. The molecular weight excluding hydrogens is 440 g/mol. The summed E-state index contributed by atoms with van der Waals surface area (Å²) in [5.41, 5.74) is 1.64. The summed E-state index contributed by atoms with van der Waals surface area (Å²) >= 11 is 1.32. The molecule has 0 spiro atoms. The van der Waals surface area contributed by atoms with Gasteiger partial charge in [0.05, 0.1) is 20.6 Å². The molecule has 1 aromatic heterocycles. The van der Waals surface area contributed by atoms with Gasteiger partial charge in [-0.1, -0.05) is 23.5 Å². The number of ether oxygens (including phenoxy) is 2. The molecule has 172 valence electrons. The molecule has 0 bridgehead atoms. The van der Waals surface area contributed by atoms with Crippen LogP contribution in [0.15, 0.2) is 48.5 Å². The summed E-state index contributed by atoms with van der Waals surface area (Å²) in [5, 5.41) is 12.4. The number of anilines is 1. The van der Waals surface area contributed by atoms with E-state index in [0.29, 0.717) is 30.2 Å². The van der Waals surface area contributed by atoms with Gasteiger partial charge in [0.2, 0.25) is 10.9 Å². The first-order chi connectivity index (χ1) is 16.1. The van der Waals surface area contributed by atoms with Crippen LogP contribution in [-0.4, -0.2) is 54.2 Å². The summed E-state index contributed by atoms with van der Waals surface area (Å²) in [7, 11) is 3.22. The van der Waals surface area contributed by atoms with Gasteiger partial charge in [-0.2, -0.15) is 0 Å². The van der Waals surface area contributed by atoms with E-state index in [-0.39, 0.29) is 17.7 Å². The lowest BCUT2D eigenvalue weighted by Crippen LogP contribution is -2.38. The summed E-state index contributed by atoms with van der Waals surface area (Å²) in [6, 6.07) is 14.7. The van der Waals surface area contributed by atoms with Crippen molar-refractivity contribution in [2.45, 2.75) is 25.2 Å². The molecule has 0 radical (unpaired) electrons. The van der Waals surface area contributed by atoms with Gasteiger partial charge in [-0.3, -0.25) is 9.59 Å². The highest BCUT2D eigenvalue weighted by molar-refractivity contribution is 7.13. The number of carbonyl (C=O) groups excluding carboxylic acids is 2. The third-order valence-corrected chi connectivity index (χ3v) is 6.78. The SMILES string of the molecule is COc1ccc(CC(=O)N2CCC(c3nnc(C(=O)Nc4ccc(OC)cc4)s3)CC2)cc1. The topological polar surface area (TPSA) is 93.7 Å². The first-order valence-electron chi connectivity index (χ1n) is 10.7. The lowest BCUT2D eigenvalue weighted by atomic mass is 9.97. The van der Waals surface area contributed by atoms with E-state index in [1.165, 1.54) is 11.3 Å². The van der Waals surface area contributed by atoms with Crippen molar-refractivity contribution in [3.05, 3.63) is 64.1 Å². The third-order valence-electron chi connectivity index (χ3n) is 5.69. The van der Waals surface area contributed by atoms with E-state index in [0.717, 1.165) is 34.9 Å².